The first-order valence-corrected chi connectivity index (χ1v) is 5.88. The molecule has 1 nitrogen and oxygen atoms in total. The van der Waals surface area contributed by atoms with Crippen LogP contribution < -0.4 is 5.32 Å². The van der Waals surface area contributed by atoms with E-state index in [1.165, 1.54) is 19.3 Å². The van der Waals surface area contributed by atoms with Gasteiger partial charge in [-0.25, -0.2) is 0 Å². The number of hydrogen-bond acceptors (Lipinski definition) is 1. The van der Waals surface area contributed by atoms with E-state index in [0.717, 1.165) is 19.0 Å². The van der Waals surface area contributed by atoms with Gasteiger partial charge in [-0.1, -0.05) is 46.6 Å². The molecule has 0 aromatic rings. The first-order valence-electron chi connectivity index (χ1n) is 5.88. The average Bonchev–Trinajstić information content (AvgIpc) is 2.14. The van der Waals surface area contributed by atoms with Crippen molar-refractivity contribution in [2.45, 2.75) is 47.0 Å². The van der Waals surface area contributed by atoms with Crippen LogP contribution in [0.1, 0.15) is 47.0 Å². The second-order valence-electron chi connectivity index (χ2n) is 4.92. The van der Waals surface area contributed by atoms with Crippen molar-refractivity contribution in [3.8, 4) is 0 Å². The van der Waals surface area contributed by atoms with Gasteiger partial charge in [0.2, 0.25) is 0 Å². The summed E-state index contributed by atoms with van der Waals surface area (Å²) in [5, 5.41) is 3.41. The van der Waals surface area contributed by atoms with Gasteiger partial charge in [-0.2, -0.15) is 0 Å². The Morgan fingerprint density at radius 3 is 2.50 bits per heavy atom. The molecule has 1 N–H and O–H groups in total. The van der Waals surface area contributed by atoms with Crippen LogP contribution in [-0.4, -0.2) is 13.1 Å². The zero-order chi connectivity index (χ0) is 11.0. The number of nitrogens with one attached hydrogen (secondary N) is 1. The number of rotatable bonds is 8. The molecule has 0 aliphatic heterocycles. The standard InChI is InChI=1S/C13H27N/c1-6-13(5,11-14-7-2)10-8-9-12(3)4/h6,12,14H,1,7-11H2,2-5H3. The Morgan fingerprint density at radius 2 is 2.07 bits per heavy atom. The van der Waals surface area contributed by atoms with Crippen molar-refractivity contribution < 1.29 is 0 Å². The zero-order valence-corrected chi connectivity index (χ0v) is 10.4. The minimum Gasteiger partial charge on any atom is -0.316 e. The highest BCUT2D eigenvalue weighted by Crippen LogP contribution is 2.25. The molecule has 0 rings (SSSR count). The summed E-state index contributed by atoms with van der Waals surface area (Å²) in [7, 11) is 0. The van der Waals surface area contributed by atoms with E-state index in [1.54, 1.807) is 0 Å². The molecule has 0 saturated heterocycles. The van der Waals surface area contributed by atoms with Crippen LogP contribution in [0, 0.1) is 11.3 Å². The Labute approximate surface area is 90.0 Å². The van der Waals surface area contributed by atoms with E-state index in [2.05, 4.69) is 45.7 Å². The van der Waals surface area contributed by atoms with Gasteiger partial charge in [0.1, 0.15) is 0 Å². The summed E-state index contributed by atoms with van der Waals surface area (Å²) in [6.07, 6.45) is 6.00. The van der Waals surface area contributed by atoms with E-state index in [4.69, 9.17) is 0 Å². The highest BCUT2D eigenvalue weighted by atomic mass is 14.9. The van der Waals surface area contributed by atoms with E-state index in [9.17, 15) is 0 Å². The third-order valence-electron chi connectivity index (χ3n) is 2.80. The molecular formula is C13H27N. The van der Waals surface area contributed by atoms with Gasteiger partial charge in [0.05, 0.1) is 0 Å². The van der Waals surface area contributed by atoms with Crippen molar-refractivity contribution in [1.82, 2.24) is 5.32 Å². The van der Waals surface area contributed by atoms with Gasteiger partial charge in [-0.05, 0) is 24.3 Å². The highest BCUT2D eigenvalue weighted by molar-refractivity contribution is 4.92. The summed E-state index contributed by atoms with van der Waals surface area (Å²) in [5.41, 5.74) is 0.283. The van der Waals surface area contributed by atoms with E-state index in [1.807, 2.05) is 0 Å². The lowest BCUT2D eigenvalue weighted by Crippen LogP contribution is -2.30. The topological polar surface area (TPSA) is 12.0 Å². The SMILES string of the molecule is C=CC(C)(CCCC(C)C)CNCC. The molecule has 1 atom stereocenters. The molecule has 0 saturated carbocycles. The van der Waals surface area contributed by atoms with Crippen LogP contribution in [0.3, 0.4) is 0 Å². The Kier molecular flexibility index (Phi) is 6.90. The molecule has 0 spiro atoms. The summed E-state index contributed by atoms with van der Waals surface area (Å²) in [6.45, 7) is 15.1. The predicted molar refractivity (Wildman–Crippen MR) is 65.5 cm³/mol. The van der Waals surface area contributed by atoms with Gasteiger partial charge in [-0.3, -0.25) is 0 Å². The molecule has 0 aromatic carbocycles. The lowest BCUT2D eigenvalue weighted by Gasteiger charge is -2.26. The molecule has 84 valence electrons. The molecule has 1 unspecified atom stereocenters. The maximum absolute atomic E-state index is 3.94. The lowest BCUT2D eigenvalue weighted by atomic mass is 9.84. The smallest absolute Gasteiger partial charge is 0.00396 e. The Bertz CT molecular complexity index is 151. The summed E-state index contributed by atoms with van der Waals surface area (Å²) >= 11 is 0. The fourth-order valence-corrected chi connectivity index (χ4v) is 1.59. The fourth-order valence-electron chi connectivity index (χ4n) is 1.59. The van der Waals surface area contributed by atoms with Crippen LogP contribution in [0.25, 0.3) is 0 Å². The molecule has 0 heterocycles. The van der Waals surface area contributed by atoms with Crippen LogP contribution in [-0.2, 0) is 0 Å². The average molecular weight is 197 g/mol. The highest BCUT2D eigenvalue weighted by Gasteiger charge is 2.18. The summed E-state index contributed by atoms with van der Waals surface area (Å²) in [5.74, 6) is 0.822. The van der Waals surface area contributed by atoms with E-state index in [-0.39, 0.29) is 5.41 Å². The second kappa shape index (κ2) is 7.05. The third kappa shape index (κ3) is 6.20. The Morgan fingerprint density at radius 1 is 1.43 bits per heavy atom. The van der Waals surface area contributed by atoms with Crippen LogP contribution in [0.5, 0.6) is 0 Å². The van der Waals surface area contributed by atoms with Gasteiger partial charge >= 0.3 is 0 Å². The van der Waals surface area contributed by atoms with Crippen LogP contribution in [0.2, 0.25) is 0 Å². The van der Waals surface area contributed by atoms with Crippen molar-refractivity contribution in [1.29, 1.82) is 0 Å². The zero-order valence-electron chi connectivity index (χ0n) is 10.4. The second-order valence-corrected chi connectivity index (χ2v) is 4.92. The van der Waals surface area contributed by atoms with E-state index >= 15 is 0 Å². The summed E-state index contributed by atoms with van der Waals surface area (Å²) in [6, 6.07) is 0. The van der Waals surface area contributed by atoms with Gasteiger partial charge < -0.3 is 5.32 Å². The maximum atomic E-state index is 3.94. The molecule has 14 heavy (non-hydrogen) atoms. The van der Waals surface area contributed by atoms with Crippen LogP contribution in [0.15, 0.2) is 12.7 Å². The largest absolute Gasteiger partial charge is 0.316 e. The summed E-state index contributed by atoms with van der Waals surface area (Å²) < 4.78 is 0. The molecule has 0 aromatic heterocycles. The minimum absolute atomic E-state index is 0.283. The van der Waals surface area contributed by atoms with Crippen molar-refractivity contribution in [2.24, 2.45) is 11.3 Å². The maximum Gasteiger partial charge on any atom is 0.00396 e. The normalized spacial score (nSPS) is 15.5. The Hall–Kier alpha value is -0.300. The molecule has 0 amide bonds. The van der Waals surface area contributed by atoms with Gasteiger partial charge in [0.25, 0.3) is 0 Å². The molecule has 1 heteroatoms. The predicted octanol–water partition coefficient (Wildman–Crippen LogP) is 3.61. The monoisotopic (exact) mass is 197 g/mol. The first kappa shape index (κ1) is 13.7. The molecular weight excluding hydrogens is 170 g/mol. The Balaban J connectivity index is 3.80. The number of hydrogen-bond donors (Lipinski definition) is 1. The fraction of sp³-hybridized carbons (Fsp3) is 0.846. The quantitative estimate of drug-likeness (QED) is 0.586. The van der Waals surface area contributed by atoms with E-state index in [0.29, 0.717) is 0 Å². The molecule has 0 fully saturated rings. The van der Waals surface area contributed by atoms with Gasteiger partial charge in [0.15, 0.2) is 0 Å². The summed E-state index contributed by atoms with van der Waals surface area (Å²) in [4.78, 5) is 0. The molecule has 0 radical (unpaired) electrons. The molecule has 0 aliphatic carbocycles. The van der Waals surface area contributed by atoms with Crippen LogP contribution in [0.4, 0.5) is 0 Å². The molecule has 0 aliphatic rings. The van der Waals surface area contributed by atoms with Gasteiger partial charge in [0, 0.05) is 6.54 Å². The first-order chi connectivity index (χ1) is 6.54. The molecule has 0 bridgehead atoms. The van der Waals surface area contributed by atoms with Crippen LogP contribution >= 0.6 is 0 Å². The third-order valence-corrected chi connectivity index (χ3v) is 2.80. The van der Waals surface area contributed by atoms with E-state index < -0.39 is 0 Å². The van der Waals surface area contributed by atoms with Gasteiger partial charge in [-0.15, -0.1) is 6.58 Å². The lowest BCUT2D eigenvalue weighted by molar-refractivity contribution is 0.343. The van der Waals surface area contributed by atoms with Crippen molar-refractivity contribution in [3.05, 3.63) is 12.7 Å². The van der Waals surface area contributed by atoms with Crippen molar-refractivity contribution in [3.63, 3.8) is 0 Å². The van der Waals surface area contributed by atoms with Crippen molar-refractivity contribution in [2.75, 3.05) is 13.1 Å². The minimum atomic E-state index is 0.283. The van der Waals surface area contributed by atoms with Crippen molar-refractivity contribution >= 4 is 0 Å².